The molecule has 0 aliphatic rings. The molecule has 4 nitrogen and oxygen atoms in total. The van der Waals surface area contributed by atoms with Gasteiger partial charge in [-0.25, -0.2) is 0 Å². The number of aryl methyl sites for hydroxylation is 2. The Morgan fingerprint density at radius 3 is 2.65 bits per heavy atom. The maximum atomic E-state index is 9.02. The number of nitriles is 1. The highest BCUT2D eigenvalue weighted by Crippen LogP contribution is 2.21. The van der Waals surface area contributed by atoms with E-state index in [1.165, 1.54) is 5.69 Å². The number of hydrogen-bond donors (Lipinski definition) is 0. The van der Waals surface area contributed by atoms with Crippen molar-refractivity contribution < 1.29 is 4.74 Å². The first-order valence-corrected chi connectivity index (χ1v) is 6.84. The van der Waals surface area contributed by atoms with Gasteiger partial charge in [0.1, 0.15) is 5.75 Å². The van der Waals surface area contributed by atoms with Crippen LogP contribution in [0.5, 0.6) is 5.75 Å². The molecule has 0 fully saturated rings. The van der Waals surface area contributed by atoms with Crippen LogP contribution in [0.2, 0.25) is 0 Å². The Morgan fingerprint density at radius 1 is 1.25 bits per heavy atom. The summed E-state index contributed by atoms with van der Waals surface area (Å²) in [6, 6.07) is 9.77. The Labute approximate surface area is 119 Å². The first kappa shape index (κ1) is 14.1. The van der Waals surface area contributed by atoms with Gasteiger partial charge in [-0.3, -0.25) is 4.68 Å². The van der Waals surface area contributed by atoms with Crippen LogP contribution < -0.4 is 4.74 Å². The fourth-order valence-corrected chi connectivity index (χ4v) is 2.24. The second-order valence-corrected chi connectivity index (χ2v) is 4.63. The summed E-state index contributed by atoms with van der Waals surface area (Å²) in [6.07, 6.45) is 1.86. The molecule has 0 unspecified atom stereocenters. The van der Waals surface area contributed by atoms with Crippen LogP contribution >= 0.6 is 0 Å². The zero-order valence-corrected chi connectivity index (χ0v) is 12.2. The van der Waals surface area contributed by atoms with E-state index in [0.29, 0.717) is 12.1 Å². The second-order valence-electron chi connectivity index (χ2n) is 4.63. The molecule has 4 heteroatoms. The molecule has 0 saturated heterocycles. The standard InChI is InChI=1S/C16H19N3O/c1-4-14-9-15(5-2)19(18-14)11-13-8-12(10-17)6-7-16(13)20-3/h6-9H,4-5,11H2,1-3H3. The lowest BCUT2D eigenvalue weighted by molar-refractivity contribution is 0.407. The van der Waals surface area contributed by atoms with Crippen molar-refractivity contribution in [2.24, 2.45) is 0 Å². The molecular weight excluding hydrogens is 250 g/mol. The predicted molar refractivity (Wildman–Crippen MR) is 77.8 cm³/mol. The van der Waals surface area contributed by atoms with Gasteiger partial charge in [0.05, 0.1) is 31.0 Å². The van der Waals surface area contributed by atoms with Crippen molar-refractivity contribution in [3.05, 3.63) is 46.8 Å². The van der Waals surface area contributed by atoms with Gasteiger partial charge in [0.2, 0.25) is 0 Å². The van der Waals surface area contributed by atoms with E-state index in [1.807, 2.05) is 16.8 Å². The lowest BCUT2D eigenvalue weighted by Gasteiger charge is -2.11. The summed E-state index contributed by atoms with van der Waals surface area (Å²) >= 11 is 0. The normalized spacial score (nSPS) is 10.3. The second kappa shape index (κ2) is 6.25. The molecule has 0 radical (unpaired) electrons. The Kier molecular flexibility index (Phi) is 4.41. The summed E-state index contributed by atoms with van der Waals surface area (Å²) in [7, 11) is 1.65. The molecule has 104 valence electrons. The Morgan fingerprint density at radius 2 is 2.05 bits per heavy atom. The zero-order valence-electron chi connectivity index (χ0n) is 12.2. The smallest absolute Gasteiger partial charge is 0.124 e. The number of nitrogens with zero attached hydrogens (tertiary/aromatic N) is 3. The molecule has 0 atom stereocenters. The van der Waals surface area contributed by atoms with E-state index in [-0.39, 0.29) is 0 Å². The molecule has 1 aromatic carbocycles. The van der Waals surface area contributed by atoms with Crippen molar-refractivity contribution in [2.75, 3.05) is 7.11 Å². The first-order valence-electron chi connectivity index (χ1n) is 6.84. The van der Waals surface area contributed by atoms with Crippen molar-refractivity contribution in [3.63, 3.8) is 0 Å². The summed E-state index contributed by atoms with van der Waals surface area (Å²) < 4.78 is 7.37. The number of benzene rings is 1. The topological polar surface area (TPSA) is 50.8 Å². The molecule has 20 heavy (non-hydrogen) atoms. The number of ether oxygens (including phenoxy) is 1. The molecule has 1 heterocycles. The quantitative estimate of drug-likeness (QED) is 0.838. The van der Waals surface area contributed by atoms with Gasteiger partial charge in [0, 0.05) is 11.3 Å². The van der Waals surface area contributed by atoms with Crippen LogP contribution in [-0.2, 0) is 19.4 Å². The SMILES string of the molecule is CCc1cc(CC)n(Cc2cc(C#N)ccc2OC)n1. The number of hydrogen-bond acceptors (Lipinski definition) is 3. The number of methoxy groups -OCH3 is 1. The highest BCUT2D eigenvalue weighted by molar-refractivity contribution is 5.42. The molecule has 1 aromatic heterocycles. The minimum absolute atomic E-state index is 0.627. The predicted octanol–water partition coefficient (Wildman–Crippen LogP) is 2.94. The van der Waals surface area contributed by atoms with Crippen LogP contribution in [0.1, 0.15) is 36.4 Å². The molecule has 0 amide bonds. The van der Waals surface area contributed by atoms with E-state index in [0.717, 1.165) is 29.8 Å². The average Bonchev–Trinajstić information content (AvgIpc) is 2.89. The van der Waals surface area contributed by atoms with Gasteiger partial charge < -0.3 is 4.74 Å². The minimum atomic E-state index is 0.627. The lowest BCUT2D eigenvalue weighted by atomic mass is 10.1. The monoisotopic (exact) mass is 269 g/mol. The minimum Gasteiger partial charge on any atom is -0.496 e. The first-order chi connectivity index (χ1) is 9.71. The van der Waals surface area contributed by atoms with E-state index in [4.69, 9.17) is 10.00 Å². The third-order valence-electron chi connectivity index (χ3n) is 3.37. The molecule has 2 rings (SSSR count). The summed E-state index contributed by atoms with van der Waals surface area (Å²) in [4.78, 5) is 0. The lowest BCUT2D eigenvalue weighted by Crippen LogP contribution is -2.07. The number of aromatic nitrogens is 2. The van der Waals surface area contributed by atoms with E-state index in [9.17, 15) is 0 Å². The van der Waals surface area contributed by atoms with E-state index >= 15 is 0 Å². The van der Waals surface area contributed by atoms with Gasteiger partial charge in [0.15, 0.2) is 0 Å². The van der Waals surface area contributed by atoms with Crippen LogP contribution in [0, 0.1) is 11.3 Å². The van der Waals surface area contributed by atoms with E-state index in [1.54, 1.807) is 13.2 Å². The summed E-state index contributed by atoms with van der Waals surface area (Å²) in [6.45, 7) is 4.85. The average molecular weight is 269 g/mol. The third kappa shape index (κ3) is 2.83. The molecular formula is C16H19N3O. The van der Waals surface area contributed by atoms with Crippen molar-refractivity contribution in [1.82, 2.24) is 9.78 Å². The van der Waals surface area contributed by atoms with Gasteiger partial charge in [-0.05, 0) is 37.1 Å². The summed E-state index contributed by atoms with van der Waals surface area (Å²) in [5.41, 5.74) is 3.91. The van der Waals surface area contributed by atoms with Crippen molar-refractivity contribution in [1.29, 1.82) is 5.26 Å². The fourth-order valence-electron chi connectivity index (χ4n) is 2.24. The van der Waals surface area contributed by atoms with Gasteiger partial charge in [0.25, 0.3) is 0 Å². The van der Waals surface area contributed by atoms with Gasteiger partial charge in [-0.2, -0.15) is 10.4 Å². The highest BCUT2D eigenvalue weighted by atomic mass is 16.5. The molecule has 2 aromatic rings. The van der Waals surface area contributed by atoms with Crippen molar-refractivity contribution >= 4 is 0 Å². The van der Waals surface area contributed by atoms with Crippen LogP contribution in [0.25, 0.3) is 0 Å². The molecule has 0 bridgehead atoms. The van der Waals surface area contributed by atoms with Gasteiger partial charge in [-0.15, -0.1) is 0 Å². The van der Waals surface area contributed by atoms with E-state index < -0.39 is 0 Å². The summed E-state index contributed by atoms with van der Waals surface area (Å²) in [5, 5.41) is 13.6. The van der Waals surface area contributed by atoms with Crippen molar-refractivity contribution in [2.45, 2.75) is 33.2 Å². The summed E-state index contributed by atoms with van der Waals surface area (Å²) in [5.74, 6) is 0.791. The largest absolute Gasteiger partial charge is 0.496 e. The van der Waals surface area contributed by atoms with Gasteiger partial charge in [-0.1, -0.05) is 13.8 Å². The maximum Gasteiger partial charge on any atom is 0.124 e. The van der Waals surface area contributed by atoms with Crippen LogP contribution in [0.4, 0.5) is 0 Å². The van der Waals surface area contributed by atoms with Gasteiger partial charge >= 0.3 is 0 Å². The fraction of sp³-hybridized carbons (Fsp3) is 0.375. The molecule has 0 spiro atoms. The van der Waals surface area contributed by atoms with Crippen molar-refractivity contribution in [3.8, 4) is 11.8 Å². The zero-order chi connectivity index (χ0) is 14.5. The third-order valence-corrected chi connectivity index (χ3v) is 3.37. The van der Waals surface area contributed by atoms with Crippen LogP contribution in [0.3, 0.4) is 0 Å². The maximum absolute atomic E-state index is 9.02. The Balaban J connectivity index is 2.38. The molecule has 0 aliphatic carbocycles. The van der Waals surface area contributed by atoms with Crippen LogP contribution in [-0.4, -0.2) is 16.9 Å². The Hall–Kier alpha value is -2.28. The molecule has 0 aliphatic heterocycles. The highest BCUT2D eigenvalue weighted by Gasteiger charge is 2.10. The molecule has 0 saturated carbocycles. The number of rotatable bonds is 5. The van der Waals surface area contributed by atoms with Crippen LogP contribution in [0.15, 0.2) is 24.3 Å². The Bertz CT molecular complexity index is 638. The van der Waals surface area contributed by atoms with E-state index in [2.05, 4.69) is 31.1 Å². The molecule has 0 N–H and O–H groups in total.